The predicted octanol–water partition coefficient (Wildman–Crippen LogP) is 7.78. The van der Waals surface area contributed by atoms with Crippen LogP contribution < -0.4 is 4.74 Å². The maximum atomic E-state index is 14.1. The number of methoxy groups -OCH3 is 1. The molecular formula is C26H17BrF2O2S. The first-order valence-electron chi connectivity index (χ1n) is 9.83. The fourth-order valence-electron chi connectivity index (χ4n) is 4.03. The van der Waals surface area contributed by atoms with Crippen molar-refractivity contribution in [3.63, 3.8) is 0 Å². The van der Waals surface area contributed by atoms with Crippen molar-refractivity contribution in [2.75, 3.05) is 7.11 Å². The average Bonchev–Trinajstić information content (AvgIpc) is 3.07. The van der Waals surface area contributed by atoms with Gasteiger partial charge in [-0.15, -0.1) is 0 Å². The zero-order chi connectivity index (χ0) is 22.5. The Bertz CT molecular complexity index is 1350. The number of ketones is 1. The molecule has 0 radical (unpaired) electrons. The number of hydrogen-bond donors (Lipinski definition) is 0. The van der Waals surface area contributed by atoms with Crippen molar-refractivity contribution in [2.24, 2.45) is 0 Å². The maximum absolute atomic E-state index is 14.1. The predicted molar refractivity (Wildman–Crippen MR) is 126 cm³/mol. The molecule has 0 fully saturated rings. The molecule has 1 unspecified atom stereocenters. The van der Waals surface area contributed by atoms with Crippen LogP contribution in [0.2, 0.25) is 0 Å². The summed E-state index contributed by atoms with van der Waals surface area (Å²) in [6.45, 7) is 0. The second-order valence-corrected chi connectivity index (χ2v) is 12.7. The van der Waals surface area contributed by atoms with Gasteiger partial charge < -0.3 is 4.74 Å². The van der Waals surface area contributed by atoms with E-state index in [1.165, 1.54) is 12.1 Å². The minimum atomic E-state index is -2.06. The van der Waals surface area contributed by atoms with Crippen molar-refractivity contribution >= 4 is 29.1 Å². The summed E-state index contributed by atoms with van der Waals surface area (Å²) in [4.78, 5) is 15.5. The molecule has 0 saturated carbocycles. The van der Waals surface area contributed by atoms with Crippen molar-refractivity contribution in [1.82, 2.24) is 0 Å². The number of ether oxygens (including phenoxy) is 1. The largest absolute Gasteiger partial charge is 0.497 e. The lowest BCUT2D eigenvalue weighted by Crippen LogP contribution is -2.02. The van der Waals surface area contributed by atoms with Crippen molar-refractivity contribution in [2.45, 2.75) is 14.7 Å². The highest BCUT2D eigenvalue weighted by atomic mass is 79.9. The molecule has 1 atom stereocenters. The highest BCUT2D eigenvalue weighted by Crippen LogP contribution is 2.80. The topological polar surface area (TPSA) is 26.3 Å². The quantitative estimate of drug-likeness (QED) is 0.262. The van der Waals surface area contributed by atoms with Crippen molar-refractivity contribution in [3.8, 4) is 16.9 Å². The third-order valence-electron chi connectivity index (χ3n) is 5.54. The van der Waals surface area contributed by atoms with Gasteiger partial charge in [0, 0.05) is 31.9 Å². The average molecular weight is 511 g/mol. The Balaban J connectivity index is 1.66. The van der Waals surface area contributed by atoms with Crippen LogP contribution >= 0.6 is 23.3 Å². The molecule has 0 N–H and O–H groups in total. The molecule has 0 aromatic heterocycles. The van der Waals surface area contributed by atoms with Gasteiger partial charge in [-0.2, -0.15) is 0 Å². The third-order valence-corrected chi connectivity index (χ3v) is 11.6. The van der Waals surface area contributed by atoms with Gasteiger partial charge in [-0.05, 0) is 86.6 Å². The lowest BCUT2D eigenvalue weighted by molar-refractivity contribution is 0.103. The van der Waals surface area contributed by atoms with Crippen molar-refractivity contribution in [3.05, 3.63) is 108 Å². The number of fused-ring (bicyclic) bond motifs is 3. The van der Waals surface area contributed by atoms with Crippen molar-refractivity contribution < 1.29 is 18.3 Å². The van der Waals surface area contributed by atoms with Crippen LogP contribution in [0.25, 0.3) is 11.1 Å². The van der Waals surface area contributed by atoms with E-state index in [0.29, 0.717) is 21.8 Å². The van der Waals surface area contributed by atoms with Gasteiger partial charge in [-0.25, -0.2) is 8.78 Å². The van der Waals surface area contributed by atoms with Crippen LogP contribution in [0.5, 0.6) is 5.75 Å². The summed E-state index contributed by atoms with van der Waals surface area (Å²) >= 11 is 3.89. The zero-order valence-electron chi connectivity index (χ0n) is 16.9. The van der Waals surface area contributed by atoms with E-state index in [-0.39, 0.29) is 5.78 Å². The Morgan fingerprint density at radius 1 is 0.781 bits per heavy atom. The molecule has 4 aromatic rings. The Kier molecular flexibility index (Phi) is 5.14. The normalized spacial score (nSPS) is 18.4. The molecule has 1 aliphatic rings. The van der Waals surface area contributed by atoms with E-state index in [0.717, 1.165) is 27.0 Å². The lowest BCUT2D eigenvalue weighted by atomic mass is 9.98. The summed E-state index contributed by atoms with van der Waals surface area (Å²) in [7, 11) is -0.480. The molecule has 160 valence electrons. The Morgan fingerprint density at radius 3 is 2.09 bits per heavy atom. The Morgan fingerprint density at radius 2 is 1.41 bits per heavy atom. The zero-order valence-corrected chi connectivity index (χ0v) is 19.3. The van der Waals surface area contributed by atoms with E-state index in [4.69, 9.17) is 4.74 Å². The molecule has 4 aromatic carbocycles. The summed E-state index contributed by atoms with van der Waals surface area (Å²) in [5.41, 5.74) is 2.94. The summed E-state index contributed by atoms with van der Waals surface area (Å²) in [5.74, 6) is -0.668. The van der Waals surface area contributed by atoms with Crippen LogP contribution in [-0.4, -0.2) is 12.9 Å². The Hall–Kier alpha value is -2.96. The minimum Gasteiger partial charge on any atom is -0.497 e. The van der Waals surface area contributed by atoms with Crippen LogP contribution in [0.1, 0.15) is 15.9 Å². The molecule has 6 heteroatoms. The number of hydrogen-bond acceptors (Lipinski definition) is 2. The first-order chi connectivity index (χ1) is 15.4. The van der Waals surface area contributed by atoms with E-state index in [1.807, 2.05) is 36.4 Å². The van der Waals surface area contributed by atoms with Gasteiger partial charge in [0.25, 0.3) is 0 Å². The number of rotatable bonds is 4. The number of benzene rings is 4. The third kappa shape index (κ3) is 3.26. The molecule has 0 amide bonds. The Labute approximate surface area is 193 Å². The molecule has 5 rings (SSSR count). The van der Waals surface area contributed by atoms with Gasteiger partial charge in [-0.1, -0.05) is 26.7 Å². The summed E-state index contributed by atoms with van der Waals surface area (Å²) in [5, 5.41) is 0. The van der Waals surface area contributed by atoms with Gasteiger partial charge in [0.15, 0.2) is 5.78 Å². The van der Waals surface area contributed by atoms with E-state index >= 15 is 0 Å². The van der Waals surface area contributed by atoms with Crippen LogP contribution in [0.3, 0.4) is 0 Å². The molecule has 0 saturated heterocycles. The maximum Gasteiger partial charge on any atom is 0.193 e. The molecular weight excluding hydrogens is 494 g/mol. The van der Waals surface area contributed by atoms with Crippen LogP contribution in [0.15, 0.2) is 99.6 Å². The molecule has 1 aliphatic heterocycles. The summed E-state index contributed by atoms with van der Waals surface area (Å²) in [6, 6.07) is 23.9. The van der Waals surface area contributed by atoms with Crippen LogP contribution in [0.4, 0.5) is 8.78 Å². The van der Waals surface area contributed by atoms with Gasteiger partial charge in [0.1, 0.15) is 17.4 Å². The lowest BCUT2D eigenvalue weighted by Gasteiger charge is -2.31. The highest BCUT2D eigenvalue weighted by Gasteiger charge is 2.39. The second-order valence-electron chi connectivity index (χ2n) is 7.41. The number of carbonyl (C=O) groups is 1. The highest BCUT2D eigenvalue weighted by molar-refractivity contribution is 9.58. The SMILES string of the molecule is COc1ccc(C(=O)c2ccc3c(c2)-c2ccccc2S3(Br)c2cc(F)cc(F)c2)cc1. The minimum absolute atomic E-state index is 0.105. The van der Waals surface area contributed by atoms with Crippen LogP contribution in [0, 0.1) is 11.6 Å². The van der Waals surface area contributed by atoms with E-state index in [1.54, 1.807) is 37.4 Å². The van der Waals surface area contributed by atoms with Gasteiger partial charge in [0.05, 0.1) is 7.11 Å². The fourth-order valence-corrected chi connectivity index (χ4v) is 9.06. The monoisotopic (exact) mass is 510 g/mol. The standard InChI is InChI=1S/C26H17BrF2O2S/c1-31-20-9-6-16(7-10-20)26(30)17-8-11-25-23(12-17)22-4-2-3-5-24(22)32(25,27)21-14-18(28)13-19(29)15-21/h2-15H,1H3. The van der Waals surface area contributed by atoms with Crippen LogP contribution in [-0.2, 0) is 0 Å². The smallest absolute Gasteiger partial charge is 0.193 e. The van der Waals surface area contributed by atoms with Gasteiger partial charge in [-0.3, -0.25) is 4.79 Å². The number of halogens is 3. The first-order valence-corrected chi connectivity index (χ1v) is 13.3. The summed E-state index contributed by atoms with van der Waals surface area (Å²) < 4.78 is 33.4. The van der Waals surface area contributed by atoms with E-state index in [9.17, 15) is 13.6 Å². The fraction of sp³-hybridized carbons (Fsp3) is 0.0385. The first kappa shape index (κ1) is 20.9. The second kappa shape index (κ2) is 7.87. The molecule has 32 heavy (non-hydrogen) atoms. The molecule has 0 spiro atoms. The number of carbonyl (C=O) groups excluding carboxylic acids is 1. The summed E-state index contributed by atoms with van der Waals surface area (Å²) in [6.07, 6.45) is 0. The molecule has 0 aliphatic carbocycles. The molecule has 1 heterocycles. The van der Waals surface area contributed by atoms with E-state index < -0.39 is 20.1 Å². The van der Waals surface area contributed by atoms with Crippen molar-refractivity contribution in [1.29, 1.82) is 0 Å². The molecule has 2 nitrogen and oxygen atoms in total. The van der Waals surface area contributed by atoms with Gasteiger partial charge >= 0.3 is 0 Å². The van der Waals surface area contributed by atoms with Gasteiger partial charge in [0.2, 0.25) is 0 Å². The van der Waals surface area contributed by atoms with E-state index in [2.05, 4.69) is 14.8 Å². The molecule has 0 bridgehead atoms.